The molecule has 3 amide bonds. The van der Waals surface area contributed by atoms with Crippen molar-refractivity contribution >= 4 is 23.6 Å². The summed E-state index contributed by atoms with van der Waals surface area (Å²) < 4.78 is 9.64. The number of nitrogens with zero attached hydrogens (tertiary/aromatic N) is 1. The summed E-state index contributed by atoms with van der Waals surface area (Å²) in [5.74, 6) is -1.79. The van der Waals surface area contributed by atoms with Gasteiger partial charge >= 0.3 is 17.7 Å². The number of nitro benzene ring substituents is 1. The van der Waals surface area contributed by atoms with Crippen LogP contribution in [0.1, 0.15) is 19.8 Å². The first-order chi connectivity index (χ1) is 11.9. The lowest BCUT2D eigenvalue weighted by Gasteiger charge is -2.08. The molecule has 0 spiro atoms. The molecule has 1 aromatic carbocycles. The van der Waals surface area contributed by atoms with Gasteiger partial charge in [0.1, 0.15) is 0 Å². The van der Waals surface area contributed by atoms with Gasteiger partial charge in [-0.2, -0.15) is 0 Å². The third-order valence-corrected chi connectivity index (χ3v) is 2.84. The number of benzene rings is 1. The Morgan fingerprint density at radius 1 is 1.20 bits per heavy atom. The molecule has 0 unspecified atom stereocenters. The van der Waals surface area contributed by atoms with Crippen LogP contribution in [0.4, 0.5) is 10.5 Å². The molecule has 136 valence electrons. The minimum absolute atomic E-state index is 0.0933. The highest BCUT2D eigenvalue weighted by molar-refractivity contribution is 5.95. The van der Waals surface area contributed by atoms with Crippen LogP contribution in [0.5, 0.6) is 5.75 Å². The van der Waals surface area contributed by atoms with E-state index in [1.807, 2.05) is 12.2 Å². The van der Waals surface area contributed by atoms with E-state index in [4.69, 9.17) is 4.74 Å². The van der Waals surface area contributed by atoms with Gasteiger partial charge in [-0.3, -0.25) is 20.2 Å². The third-order valence-electron chi connectivity index (χ3n) is 2.84. The molecule has 10 heteroatoms. The number of nitro groups is 1. The van der Waals surface area contributed by atoms with Gasteiger partial charge in [0.2, 0.25) is 0 Å². The number of rotatable bonds is 9. The summed E-state index contributed by atoms with van der Waals surface area (Å²) in [4.78, 5) is 44.4. The maximum atomic E-state index is 11.5. The quantitative estimate of drug-likeness (QED) is 0.294. The number of esters is 1. The summed E-state index contributed by atoms with van der Waals surface area (Å²) in [6, 6.07) is 4.85. The number of ether oxygens (including phenoxy) is 2. The van der Waals surface area contributed by atoms with Crippen LogP contribution in [-0.2, 0) is 14.3 Å². The van der Waals surface area contributed by atoms with E-state index in [-0.39, 0.29) is 11.4 Å². The second kappa shape index (κ2) is 10.6. The molecule has 0 aromatic heterocycles. The monoisotopic (exact) mass is 353 g/mol. The fourth-order valence-corrected chi connectivity index (χ4v) is 1.64. The fraction of sp³-hybridized carbons (Fsp3) is 0.400. The van der Waals surface area contributed by atoms with E-state index in [0.29, 0.717) is 6.54 Å². The zero-order valence-corrected chi connectivity index (χ0v) is 13.6. The van der Waals surface area contributed by atoms with Crippen molar-refractivity contribution in [3.63, 3.8) is 0 Å². The van der Waals surface area contributed by atoms with E-state index in [1.54, 1.807) is 0 Å². The summed E-state index contributed by atoms with van der Waals surface area (Å²) >= 11 is 0. The first-order valence-corrected chi connectivity index (χ1v) is 7.53. The van der Waals surface area contributed by atoms with Crippen molar-refractivity contribution in [2.45, 2.75) is 19.8 Å². The number of hydrogen-bond donors (Lipinski definition) is 2. The molecule has 1 rings (SSSR count). The van der Waals surface area contributed by atoms with Crippen LogP contribution in [0.2, 0.25) is 0 Å². The Balaban J connectivity index is 2.32. The van der Waals surface area contributed by atoms with Crippen LogP contribution in [0.3, 0.4) is 0 Å². The molecule has 0 aliphatic rings. The van der Waals surface area contributed by atoms with Crippen LogP contribution in [-0.4, -0.2) is 42.6 Å². The number of nitrogens with one attached hydrogen (secondary N) is 2. The maximum absolute atomic E-state index is 11.5. The molecule has 10 nitrogen and oxygen atoms in total. The van der Waals surface area contributed by atoms with Gasteiger partial charge < -0.3 is 14.8 Å². The van der Waals surface area contributed by atoms with Crippen molar-refractivity contribution in [3.05, 3.63) is 34.4 Å². The Morgan fingerprint density at radius 2 is 1.92 bits per heavy atom. The first-order valence-electron chi connectivity index (χ1n) is 7.53. The van der Waals surface area contributed by atoms with Crippen LogP contribution >= 0.6 is 0 Å². The molecule has 25 heavy (non-hydrogen) atoms. The average molecular weight is 353 g/mol. The molecular formula is C15H19N3O7. The smallest absolute Gasteiger partial charge is 0.344 e. The molecule has 1 aromatic rings. The molecule has 0 atom stereocenters. The van der Waals surface area contributed by atoms with E-state index < -0.39 is 36.0 Å². The Bertz CT molecular complexity index is 633. The van der Waals surface area contributed by atoms with Crippen LogP contribution in [0.15, 0.2) is 24.3 Å². The topological polar surface area (TPSA) is 137 Å². The molecule has 2 N–H and O–H groups in total. The minimum atomic E-state index is -0.903. The summed E-state index contributed by atoms with van der Waals surface area (Å²) in [6.45, 7) is 1.11. The summed E-state index contributed by atoms with van der Waals surface area (Å²) in [5, 5.41) is 15.3. The van der Waals surface area contributed by atoms with Gasteiger partial charge in [-0.25, -0.2) is 9.59 Å². The standard InChI is InChI=1S/C15H19N3O7/c1-2-3-8-16-15(21)17-13(19)9-25-14(20)10-24-12-7-5-4-6-11(12)18(22)23/h4-7H,2-3,8-10H2,1H3,(H2,16,17,19,21). The largest absolute Gasteiger partial charge is 0.475 e. The Hall–Kier alpha value is -3.17. The molecule has 0 heterocycles. The lowest BCUT2D eigenvalue weighted by molar-refractivity contribution is -0.385. The molecule has 0 fully saturated rings. The number of urea groups is 1. The van der Waals surface area contributed by atoms with Gasteiger partial charge in [0, 0.05) is 12.6 Å². The number of carbonyl (C=O) groups is 3. The van der Waals surface area contributed by atoms with Gasteiger partial charge in [0.15, 0.2) is 19.0 Å². The van der Waals surface area contributed by atoms with Crippen LogP contribution in [0.25, 0.3) is 0 Å². The predicted octanol–water partition coefficient (Wildman–Crippen LogP) is 1.14. The number of para-hydroxylation sites is 2. The third kappa shape index (κ3) is 7.77. The van der Waals surface area contributed by atoms with Crippen LogP contribution < -0.4 is 15.4 Å². The number of amides is 3. The average Bonchev–Trinajstić information content (AvgIpc) is 2.58. The molecule has 0 radical (unpaired) electrons. The lowest BCUT2D eigenvalue weighted by Crippen LogP contribution is -2.41. The van der Waals surface area contributed by atoms with Crippen molar-refractivity contribution in [3.8, 4) is 5.75 Å². The molecule has 0 aliphatic carbocycles. The second-order valence-corrected chi connectivity index (χ2v) is 4.83. The fourth-order valence-electron chi connectivity index (χ4n) is 1.64. The Kier molecular flexibility index (Phi) is 8.41. The van der Waals surface area contributed by atoms with E-state index in [1.165, 1.54) is 24.3 Å². The molecule has 0 saturated heterocycles. The van der Waals surface area contributed by atoms with Crippen LogP contribution in [0, 0.1) is 10.1 Å². The first kappa shape index (κ1) is 19.9. The summed E-state index contributed by atoms with van der Waals surface area (Å²) in [6.07, 6.45) is 1.67. The molecule has 0 aliphatic heterocycles. The van der Waals surface area contributed by atoms with Crippen molar-refractivity contribution in [2.75, 3.05) is 19.8 Å². The predicted molar refractivity (Wildman–Crippen MR) is 86.0 cm³/mol. The van der Waals surface area contributed by atoms with Crippen molar-refractivity contribution in [1.82, 2.24) is 10.6 Å². The number of imide groups is 1. The highest BCUT2D eigenvalue weighted by Crippen LogP contribution is 2.25. The van der Waals surface area contributed by atoms with Gasteiger partial charge in [0.25, 0.3) is 5.91 Å². The van der Waals surface area contributed by atoms with Crippen molar-refractivity contribution in [1.29, 1.82) is 0 Å². The Labute approximate surface area is 143 Å². The summed E-state index contributed by atoms with van der Waals surface area (Å²) in [7, 11) is 0. The SMILES string of the molecule is CCCCNC(=O)NC(=O)COC(=O)COc1ccccc1[N+](=O)[O-]. The van der Waals surface area contributed by atoms with Gasteiger partial charge in [-0.15, -0.1) is 0 Å². The van der Waals surface area contributed by atoms with E-state index in [0.717, 1.165) is 12.8 Å². The molecule has 0 saturated carbocycles. The van der Waals surface area contributed by atoms with E-state index in [2.05, 4.69) is 10.1 Å². The normalized spacial score (nSPS) is 9.80. The zero-order valence-electron chi connectivity index (χ0n) is 13.6. The molecule has 0 bridgehead atoms. The van der Waals surface area contributed by atoms with Gasteiger partial charge in [-0.05, 0) is 12.5 Å². The second-order valence-electron chi connectivity index (χ2n) is 4.83. The highest BCUT2D eigenvalue weighted by atomic mass is 16.6. The Morgan fingerprint density at radius 3 is 2.60 bits per heavy atom. The van der Waals surface area contributed by atoms with Crippen molar-refractivity contribution in [2.24, 2.45) is 0 Å². The maximum Gasteiger partial charge on any atom is 0.344 e. The van der Waals surface area contributed by atoms with E-state index in [9.17, 15) is 24.5 Å². The highest BCUT2D eigenvalue weighted by Gasteiger charge is 2.16. The van der Waals surface area contributed by atoms with E-state index >= 15 is 0 Å². The number of hydrogen-bond acceptors (Lipinski definition) is 7. The lowest BCUT2D eigenvalue weighted by atomic mass is 10.3. The summed E-state index contributed by atoms with van der Waals surface area (Å²) in [5.41, 5.74) is -0.295. The number of unbranched alkanes of at least 4 members (excludes halogenated alkanes) is 1. The zero-order chi connectivity index (χ0) is 18.7. The van der Waals surface area contributed by atoms with Gasteiger partial charge in [-0.1, -0.05) is 25.5 Å². The minimum Gasteiger partial charge on any atom is -0.475 e. The van der Waals surface area contributed by atoms with Crippen molar-refractivity contribution < 1.29 is 28.8 Å². The molecular weight excluding hydrogens is 334 g/mol. The van der Waals surface area contributed by atoms with Gasteiger partial charge in [0.05, 0.1) is 4.92 Å². The number of carbonyl (C=O) groups excluding carboxylic acids is 3.